The molecule has 0 bridgehead atoms. The van der Waals surface area contributed by atoms with E-state index in [2.05, 4.69) is 20.3 Å². The van der Waals surface area contributed by atoms with E-state index < -0.39 is 0 Å². The van der Waals surface area contributed by atoms with E-state index in [-0.39, 0.29) is 17.8 Å². The van der Waals surface area contributed by atoms with Gasteiger partial charge in [0.25, 0.3) is 0 Å². The van der Waals surface area contributed by atoms with Crippen LogP contribution >= 0.6 is 11.6 Å². The molecule has 1 aliphatic heterocycles. The highest BCUT2D eigenvalue weighted by Gasteiger charge is 2.35. The number of halogens is 1. The minimum Gasteiger partial charge on any atom is -0.496 e. The number of anilines is 2. The summed E-state index contributed by atoms with van der Waals surface area (Å²) >= 11 is 6.37. The molecule has 0 saturated carbocycles. The molecule has 1 amide bonds. The van der Waals surface area contributed by atoms with E-state index in [4.69, 9.17) is 22.1 Å². The fourth-order valence-corrected chi connectivity index (χ4v) is 4.02. The van der Waals surface area contributed by atoms with E-state index in [1.54, 1.807) is 13.3 Å². The number of methoxy groups -OCH3 is 1. The van der Waals surface area contributed by atoms with Crippen LogP contribution in [0.5, 0.6) is 5.75 Å². The zero-order valence-corrected chi connectivity index (χ0v) is 17.3. The van der Waals surface area contributed by atoms with Crippen LogP contribution < -0.4 is 20.7 Å². The summed E-state index contributed by atoms with van der Waals surface area (Å²) in [6, 6.07) is 0. The maximum absolute atomic E-state index is 12.2. The van der Waals surface area contributed by atoms with E-state index in [0.29, 0.717) is 37.0 Å². The van der Waals surface area contributed by atoms with Gasteiger partial charge in [0.2, 0.25) is 11.9 Å². The first-order valence-electron chi connectivity index (χ1n) is 9.19. The summed E-state index contributed by atoms with van der Waals surface area (Å²) in [6.45, 7) is 7.52. The summed E-state index contributed by atoms with van der Waals surface area (Å²) in [5, 5.41) is 3.13. The maximum Gasteiger partial charge on any atom is 0.223 e. The van der Waals surface area contributed by atoms with Gasteiger partial charge < -0.3 is 20.7 Å². The van der Waals surface area contributed by atoms with Crippen LogP contribution in [-0.4, -0.2) is 41.1 Å². The standard InChI is InChI=1S/C19H25ClN6O2/c1-5-22-14(27)6-12-8-26(18-15(12)17(20)24-19(21)25-18)9-13-11(3)16(28-4)10(2)7-23-13/h7,12H,5-6,8-9H2,1-4H3,(H,22,27)(H2,21,24,25). The molecule has 3 N–H and O–H groups in total. The van der Waals surface area contributed by atoms with Gasteiger partial charge in [0.05, 0.1) is 19.3 Å². The van der Waals surface area contributed by atoms with Crippen LogP contribution in [0.1, 0.15) is 41.6 Å². The number of hydrogen-bond acceptors (Lipinski definition) is 7. The number of fused-ring (bicyclic) bond motifs is 1. The summed E-state index contributed by atoms with van der Waals surface area (Å²) in [4.78, 5) is 27.3. The molecule has 8 nitrogen and oxygen atoms in total. The van der Waals surface area contributed by atoms with Crippen molar-refractivity contribution >= 4 is 29.3 Å². The van der Waals surface area contributed by atoms with Gasteiger partial charge in [-0.25, -0.2) is 4.98 Å². The summed E-state index contributed by atoms with van der Waals surface area (Å²) in [7, 11) is 1.65. The quantitative estimate of drug-likeness (QED) is 0.711. The molecule has 3 rings (SSSR count). The van der Waals surface area contributed by atoms with Gasteiger partial charge in [0.15, 0.2) is 0 Å². The van der Waals surface area contributed by atoms with E-state index in [1.807, 2.05) is 25.7 Å². The minimum absolute atomic E-state index is 0.0282. The Balaban J connectivity index is 1.94. The van der Waals surface area contributed by atoms with Crippen molar-refractivity contribution in [1.82, 2.24) is 20.3 Å². The van der Waals surface area contributed by atoms with Crippen LogP contribution in [0.25, 0.3) is 0 Å². The van der Waals surface area contributed by atoms with Crippen LogP contribution in [0.3, 0.4) is 0 Å². The number of aryl methyl sites for hydroxylation is 1. The fraction of sp³-hybridized carbons (Fsp3) is 0.474. The van der Waals surface area contributed by atoms with E-state index in [1.165, 1.54) is 0 Å². The van der Waals surface area contributed by atoms with Gasteiger partial charge in [0, 0.05) is 48.3 Å². The van der Waals surface area contributed by atoms with E-state index in [0.717, 1.165) is 28.1 Å². The molecular formula is C19H25ClN6O2. The minimum atomic E-state index is -0.109. The molecule has 1 atom stereocenters. The third-order valence-corrected chi connectivity index (χ3v) is 5.23. The Hall–Kier alpha value is -2.61. The van der Waals surface area contributed by atoms with Crippen molar-refractivity contribution in [3.8, 4) is 5.75 Å². The number of nitrogens with one attached hydrogen (secondary N) is 1. The van der Waals surface area contributed by atoms with E-state index >= 15 is 0 Å². The number of amides is 1. The van der Waals surface area contributed by atoms with Gasteiger partial charge in [-0.3, -0.25) is 9.78 Å². The second-order valence-electron chi connectivity index (χ2n) is 6.89. The number of carbonyl (C=O) groups is 1. The molecule has 0 radical (unpaired) electrons. The third-order valence-electron chi connectivity index (χ3n) is 4.94. The predicted molar refractivity (Wildman–Crippen MR) is 109 cm³/mol. The normalized spacial score (nSPS) is 15.5. The number of pyridine rings is 1. The molecular weight excluding hydrogens is 380 g/mol. The number of nitrogens with zero attached hydrogens (tertiary/aromatic N) is 4. The molecule has 2 aromatic rings. The smallest absolute Gasteiger partial charge is 0.223 e. The highest BCUT2D eigenvalue weighted by Crippen LogP contribution is 2.41. The molecule has 150 valence electrons. The number of carbonyl (C=O) groups excluding carboxylic acids is 1. The zero-order chi connectivity index (χ0) is 20.4. The summed E-state index contributed by atoms with van der Waals surface area (Å²) in [5.74, 6) is 1.46. The molecule has 0 fully saturated rings. The van der Waals surface area contributed by atoms with Gasteiger partial charge in [0.1, 0.15) is 16.7 Å². The number of nitrogen functional groups attached to an aromatic ring is 1. The topological polar surface area (TPSA) is 106 Å². The van der Waals surface area contributed by atoms with Crippen LogP contribution in [0.15, 0.2) is 6.20 Å². The lowest BCUT2D eigenvalue weighted by molar-refractivity contribution is -0.121. The van der Waals surface area contributed by atoms with Crippen LogP contribution in [-0.2, 0) is 11.3 Å². The van der Waals surface area contributed by atoms with Gasteiger partial charge in [-0.05, 0) is 20.8 Å². The van der Waals surface area contributed by atoms with Crippen LogP contribution in [0.4, 0.5) is 11.8 Å². The van der Waals surface area contributed by atoms with Crippen LogP contribution in [0.2, 0.25) is 5.15 Å². The largest absolute Gasteiger partial charge is 0.496 e. The first kappa shape index (κ1) is 20.1. The monoisotopic (exact) mass is 404 g/mol. The Labute approximate surface area is 169 Å². The summed E-state index contributed by atoms with van der Waals surface area (Å²) in [6.07, 6.45) is 2.11. The Morgan fingerprint density at radius 2 is 2.18 bits per heavy atom. The van der Waals surface area contributed by atoms with Gasteiger partial charge in [-0.1, -0.05) is 11.6 Å². The first-order chi connectivity index (χ1) is 13.3. The van der Waals surface area contributed by atoms with Crippen molar-refractivity contribution in [3.63, 3.8) is 0 Å². The number of aromatic nitrogens is 3. The maximum atomic E-state index is 12.2. The van der Waals surface area contributed by atoms with Crippen LogP contribution in [0, 0.1) is 13.8 Å². The van der Waals surface area contributed by atoms with Crippen molar-refractivity contribution in [2.45, 2.75) is 39.7 Å². The lowest BCUT2D eigenvalue weighted by Crippen LogP contribution is -2.27. The van der Waals surface area contributed by atoms with Crippen molar-refractivity contribution in [2.75, 3.05) is 30.8 Å². The lowest BCUT2D eigenvalue weighted by atomic mass is 10.00. The molecule has 0 saturated heterocycles. The molecule has 0 aromatic carbocycles. The van der Waals surface area contributed by atoms with Crippen molar-refractivity contribution < 1.29 is 9.53 Å². The zero-order valence-electron chi connectivity index (χ0n) is 16.5. The van der Waals surface area contributed by atoms with E-state index in [9.17, 15) is 4.79 Å². The molecule has 0 aliphatic carbocycles. The molecule has 0 spiro atoms. The molecule has 9 heteroatoms. The Kier molecular flexibility index (Phi) is 5.88. The lowest BCUT2D eigenvalue weighted by Gasteiger charge is -2.21. The Morgan fingerprint density at radius 3 is 2.86 bits per heavy atom. The highest BCUT2D eigenvalue weighted by molar-refractivity contribution is 6.30. The SMILES string of the molecule is CCNC(=O)CC1CN(Cc2ncc(C)c(OC)c2C)c2nc(N)nc(Cl)c21. The Bertz CT molecular complexity index is 904. The average molecular weight is 405 g/mol. The third kappa shape index (κ3) is 3.82. The number of nitrogens with two attached hydrogens (primary N) is 1. The molecule has 1 aliphatic rings. The molecule has 3 heterocycles. The summed E-state index contributed by atoms with van der Waals surface area (Å²) < 4.78 is 5.51. The number of rotatable bonds is 6. The predicted octanol–water partition coefficient (Wildman–Crippen LogP) is 2.36. The molecule has 2 aromatic heterocycles. The molecule has 1 unspecified atom stereocenters. The summed E-state index contributed by atoms with van der Waals surface area (Å²) in [5.41, 5.74) is 9.42. The second kappa shape index (κ2) is 8.18. The van der Waals surface area contributed by atoms with Crippen molar-refractivity contribution in [2.24, 2.45) is 0 Å². The van der Waals surface area contributed by atoms with Gasteiger partial charge in [-0.2, -0.15) is 4.98 Å². The highest BCUT2D eigenvalue weighted by atomic mass is 35.5. The average Bonchev–Trinajstić information content (AvgIpc) is 2.95. The van der Waals surface area contributed by atoms with Gasteiger partial charge >= 0.3 is 0 Å². The Morgan fingerprint density at radius 1 is 1.43 bits per heavy atom. The van der Waals surface area contributed by atoms with Crippen molar-refractivity contribution in [3.05, 3.63) is 33.7 Å². The number of ether oxygens (including phenoxy) is 1. The first-order valence-corrected chi connectivity index (χ1v) is 9.57. The van der Waals surface area contributed by atoms with Gasteiger partial charge in [-0.15, -0.1) is 0 Å². The molecule has 28 heavy (non-hydrogen) atoms. The second-order valence-corrected chi connectivity index (χ2v) is 7.25. The van der Waals surface area contributed by atoms with Crippen molar-refractivity contribution in [1.29, 1.82) is 0 Å². The number of hydrogen-bond donors (Lipinski definition) is 2. The fourth-order valence-electron chi connectivity index (χ4n) is 3.69.